The number of para-hydroxylation sites is 1. The summed E-state index contributed by atoms with van der Waals surface area (Å²) >= 11 is 0. The van der Waals surface area contributed by atoms with Gasteiger partial charge in [0.15, 0.2) is 0 Å². The molecule has 1 fully saturated rings. The van der Waals surface area contributed by atoms with Crippen molar-refractivity contribution in [2.75, 3.05) is 31.5 Å². The molecule has 1 aliphatic rings. The number of hydrogen-bond acceptors (Lipinski definition) is 4. The van der Waals surface area contributed by atoms with Crippen LogP contribution in [-0.4, -0.2) is 58.7 Å². The number of amides is 3. The van der Waals surface area contributed by atoms with Gasteiger partial charge in [0.1, 0.15) is 5.41 Å². The molecule has 0 aliphatic carbocycles. The van der Waals surface area contributed by atoms with Crippen LogP contribution in [0.4, 0.5) is 5.69 Å². The highest BCUT2D eigenvalue weighted by Crippen LogP contribution is 2.26. The average molecular weight is 368 g/mol. The Balaban J connectivity index is 1.73. The van der Waals surface area contributed by atoms with Crippen LogP contribution < -0.4 is 5.32 Å². The molecule has 2 aromatic rings. The molecule has 7 heteroatoms. The van der Waals surface area contributed by atoms with Crippen LogP contribution in [0.15, 0.2) is 36.5 Å². The molecule has 3 amide bonds. The first kappa shape index (κ1) is 18.8. The smallest absolute Gasteiger partial charge is 0.239 e. The summed E-state index contributed by atoms with van der Waals surface area (Å²) < 4.78 is 0. The molecule has 0 unspecified atom stereocenters. The van der Waals surface area contributed by atoms with Gasteiger partial charge in [0.05, 0.1) is 11.2 Å². The number of pyridine rings is 1. The largest absolute Gasteiger partial charge is 0.339 e. The second kappa shape index (κ2) is 7.34. The van der Waals surface area contributed by atoms with Gasteiger partial charge in [-0.15, -0.1) is 0 Å². The van der Waals surface area contributed by atoms with Crippen molar-refractivity contribution in [2.24, 2.45) is 5.41 Å². The molecule has 0 bridgehead atoms. The third kappa shape index (κ3) is 3.77. The summed E-state index contributed by atoms with van der Waals surface area (Å²) in [6.45, 7) is 6.63. The van der Waals surface area contributed by atoms with Crippen molar-refractivity contribution < 1.29 is 14.4 Å². The summed E-state index contributed by atoms with van der Waals surface area (Å²) in [5, 5.41) is 3.78. The number of piperazine rings is 1. The van der Waals surface area contributed by atoms with Crippen molar-refractivity contribution in [1.29, 1.82) is 0 Å². The number of hydrogen-bond donors (Lipinski definition) is 1. The number of fused-ring (bicyclic) bond motifs is 1. The third-order valence-electron chi connectivity index (χ3n) is 5.00. The van der Waals surface area contributed by atoms with Gasteiger partial charge in [-0.2, -0.15) is 0 Å². The Hall–Kier alpha value is -2.96. The molecule has 3 rings (SSSR count). The second-order valence-corrected chi connectivity index (χ2v) is 7.26. The first-order chi connectivity index (χ1) is 12.8. The normalized spacial score (nSPS) is 14.9. The van der Waals surface area contributed by atoms with Crippen LogP contribution in [0.25, 0.3) is 10.9 Å². The summed E-state index contributed by atoms with van der Waals surface area (Å²) in [4.78, 5) is 45.0. The van der Waals surface area contributed by atoms with Crippen LogP contribution in [0, 0.1) is 5.41 Å². The molecule has 1 saturated heterocycles. The summed E-state index contributed by atoms with van der Waals surface area (Å²) in [6, 6.07) is 9.29. The van der Waals surface area contributed by atoms with Gasteiger partial charge in [0, 0.05) is 44.7 Å². The van der Waals surface area contributed by atoms with Crippen LogP contribution in [0.1, 0.15) is 20.8 Å². The molecule has 1 aromatic heterocycles. The highest BCUT2D eigenvalue weighted by atomic mass is 16.2. The molecule has 142 valence electrons. The molecule has 27 heavy (non-hydrogen) atoms. The zero-order chi connectivity index (χ0) is 19.6. The first-order valence-electron chi connectivity index (χ1n) is 9.01. The van der Waals surface area contributed by atoms with E-state index in [0.717, 1.165) is 5.39 Å². The Labute approximate surface area is 158 Å². The average Bonchev–Trinajstić information content (AvgIpc) is 2.67. The molecule has 0 atom stereocenters. The van der Waals surface area contributed by atoms with Gasteiger partial charge in [-0.3, -0.25) is 19.4 Å². The van der Waals surface area contributed by atoms with Crippen LogP contribution in [0.5, 0.6) is 0 Å². The van der Waals surface area contributed by atoms with E-state index in [1.165, 1.54) is 6.92 Å². The minimum absolute atomic E-state index is 0.00237. The topological polar surface area (TPSA) is 82.6 Å². The number of carbonyl (C=O) groups is 3. The molecule has 1 N–H and O–H groups in total. The number of rotatable bonds is 3. The van der Waals surface area contributed by atoms with Crippen molar-refractivity contribution in [2.45, 2.75) is 20.8 Å². The van der Waals surface area contributed by atoms with Gasteiger partial charge in [0.2, 0.25) is 17.7 Å². The van der Waals surface area contributed by atoms with Gasteiger partial charge in [-0.25, -0.2) is 0 Å². The van der Waals surface area contributed by atoms with E-state index in [9.17, 15) is 14.4 Å². The van der Waals surface area contributed by atoms with Crippen molar-refractivity contribution in [1.82, 2.24) is 14.8 Å². The lowest BCUT2D eigenvalue weighted by molar-refractivity contribution is -0.149. The molecule has 7 nitrogen and oxygen atoms in total. The second-order valence-electron chi connectivity index (χ2n) is 7.26. The fourth-order valence-corrected chi connectivity index (χ4v) is 3.20. The highest BCUT2D eigenvalue weighted by molar-refractivity contribution is 6.12. The van der Waals surface area contributed by atoms with Crippen molar-refractivity contribution in [3.8, 4) is 0 Å². The quantitative estimate of drug-likeness (QED) is 0.839. The Bertz CT molecular complexity index is 880. The van der Waals surface area contributed by atoms with E-state index in [0.29, 0.717) is 37.4 Å². The maximum Gasteiger partial charge on any atom is 0.239 e. The summed E-state index contributed by atoms with van der Waals surface area (Å²) in [5.41, 5.74) is 0.0436. The van der Waals surface area contributed by atoms with Crippen molar-refractivity contribution in [3.63, 3.8) is 0 Å². The Morgan fingerprint density at radius 3 is 2.30 bits per heavy atom. The number of nitrogens with one attached hydrogen (secondary N) is 1. The minimum atomic E-state index is -1.23. The van der Waals surface area contributed by atoms with Gasteiger partial charge < -0.3 is 15.1 Å². The van der Waals surface area contributed by atoms with E-state index < -0.39 is 5.41 Å². The monoisotopic (exact) mass is 368 g/mol. The molecular formula is C20H24N4O3. The van der Waals surface area contributed by atoms with Crippen LogP contribution >= 0.6 is 0 Å². The zero-order valence-electron chi connectivity index (χ0n) is 15.9. The molecule has 2 heterocycles. The summed E-state index contributed by atoms with van der Waals surface area (Å²) in [7, 11) is 0. The fraction of sp³-hybridized carbons (Fsp3) is 0.400. The van der Waals surface area contributed by atoms with E-state index in [1.54, 1.807) is 35.9 Å². The molecule has 0 radical (unpaired) electrons. The minimum Gasteiger partial charge on any atom is -0.339 e. The number of nitrogens with zero attached hydrogens (tertiary/aromatic N) is 3. The lowest BCUT2D eigenvalue weighted by Crippen LogP contribution is -2.55. The molecule has 0 saturated carbocycles. The Kier molecular flexibility index (Phi) is 5.12. The molecule has 1 aromatic carbocycles. The van der Waals surface area contributed by atoms with Crippen molar-refractivity contribution in [3.05, 3.63) is 36.5 Å². The van der Waals surface area contributed by atoms with E-state index in [1.807, 2.05) is 24.3 Å². The molecular weight excluding hydrogens is 344 g/mol. The number of anilines is 1. The van der Waals surface area contributed by atoms with Crippen LogP contribution in [-0.2, 0) is 14.4 Å². The van der Waals surface area contributed by atoms with Crippen LogP contribution in [0.2, 0.25) is 0 Å². The molecule has 0 spiro atoms. The predicted molar refractivity (Wildman–Crippen MR) is 103 cm³/mol. The SMILES string of the molecule is CC(=O)N1CCN(C(=O)C(C)(C)C(=O)Nc2cccc3cccnc23)CC1. The Morgan fingerprint density at radius 1 is 1.00 bits per heavy atom. The number of aromatic nitrogens is 1. The summed E-state index contributed by atoms with van der Waals surface area (Å²) in [5.74, 6) is -0.612. The predicted octanol–water partition coefficient (Wildman–Crippen LogP) is 1.89. The van der Waals surface area contributed by atoms with Gasteiger partial charge in [-0.1, -0.05) is 18.2 Å². The zero-order valence-corrected chi connectivity index (χ0v) is 15.9. The Morgan fingerprint density at radius 2 is 1.63 bits per heavy atom. The number of benzene rings is 1. The standard InChI is InChI=1S/C20H24N4O3/c1-14(25)23-10-12-24(13-11-23)19(27)20(2,3)18(26)22-16-8-4-6-15-7-5-9-21-17(15)16/h4-9H,10-13H2,1-3H3,(H,22,26). The van der Waals surface area contributed by atoms with E-state index in [-0.39, 0.29) is 17.7 Å². The maximum atomic E-state index is 12.9. The number of carbonyl (C=O) groups excluding carboxylic acids is 3. The fourth-order valence-electron chi connectivity index (χ4n) is 3.20. The first-order valence-corrected chi connectivity index (χ1v) is 9.01. The molecule has 1 aliphatic heterocycles. The van der Waals surface area contributed by atoms with Crippen LogP contribution in [0.3, 0.4) is 0 Å². The van der Waals surface area contributed by atoms with Gasteiger partial charge in [0.25, 0.3) is 0 Å². The van der Waals surface area contributed by atoms with Crippen molar-refractivity contribution >= 4 is 34.3 Å². The lowest BCUT2D eigenvalue weighted by Gasteiger charge is -2.37. The van der Waals surface area contributed by atoms with E-state index >= 15 is 0 Å². The van der Waals surface area contributed by atoms with E-state index in [4.69, 9.17) is 0 Å². The lowest BCUT2D eigenvalue weighted by atomic mass is 9.89. The maximum absolute atomic E-state index is 12.9. The third-order valence-corrected chi connectivity index (χ3v) is 5.00. The van der Waals surface area contributed by atoms with Gasteiger partial charge >= 0.3 is 0 Å². The van der Waals surface area contributed by atoms with Gasteiger partial charge in [-0.05, 0) is 26.0 Å². The van der Waals surface area contributed by atoms with E-state index in [2.05, 4.69) is 10.3 Å². The highest BCUT2D eigenvalue weighted by Gasteiger charge is 2.40. The summed E-state index contributed by atoms with van der Waals surface area (Å²) in [6.07, 6.45) is 1.67.